The normalized spacial score (nSPS) is 17.5. The number of carbonyl (C=O) groups excluding carboxylic acids is 3. The molecule has 0 spiro atoms. The van der Waals surface area contributed by atoms with Gasteiger partial charge in [0.1, 0.15) is 11.6 Å². The van der Waals surface area contributed by atoms with E-state index in [1.54, 1.807) is 11.6 Å². The third-order valence-corrected chi connectivity index (χ3v) is 14.4. The predicted molar refractivity (Wildman–Crippen MR) is 286 cm³/mol. The van der Waals surface area contributed by atoms with Gasteiger partial charge in [-0.05, 0) is 63.9 Å². The number of nitrogens with one attached hydrogen (secondary N) is 1. The van der Waals surface area contributed by atoms with Gasteiger partial charge in [-0.2, -0.15) is 0 Å². The van der Waals surface area contributed by atoms with Gasteiger partial charge in [0.05, 0.1) is 143 Å². The number of amides is 2. The number of aromatic nitrogens is 5. The number of imidazole rings is 1. The van der Waals surface area contributed by atoms with Gasteiger partial charge in [-0.25, -0.2) is 22.8 Å². The van der Waals surface area contributed by atoms with Crippen molar-refractivity contribution in [3.8, 4) is 5.75 Å². The van der Waals surface area contributed by atoms with Crippen molar-refractivity contribution in [2.75, 3.05) is 119 Å². The van der Waals surface area contributed by atoms with Crippen LogP contribution in [0.2, 0.25) is 0 Å². The molecule has 3 aliphatic rings. The number of rotatable bonds is 39. The molecule has 23 heteroatoms. The molecular formula is C57H81F3N8O12. The summed E-state index contributed by atoms with van der Waals surface area (Å²) >= 11 is 0. The minimum Gasteiger partial charge on any atom is -0.420 e. The number of hydrogen-bond donors (Lipinski definition) is 1. The van der Waals surface area contributed by atoms with Crippen molar-refractivity contribution in [1.29, 1.82) is 0 Å². The minimum atomic E-state index is -1.30. The molecule has 0 aliphatic carbocycles. The summed E-state index contributed by atoms with van der Waals surface area (Å²) in [5.74, 6) is -4.33. The Labute approximate surface area is 467 Å². The molecule has 1 N–H and O–H groups in total. The van der Waals surface area contributed by atoms with E-state index in [2.05, 4.69) is 48.9 Å². The zero-order valence-corrected chi connectivity index (χ0v) is 46.5. The Bertz CT molecular complexity index is 2450. The van der Waals surface area contributed by atoms with Crippen LogP contribution in [-0.2, 0) is 78.2 Å². The number of ether oxygens (including phenoxy) is 9. The Kier molecular flexibility index (Phi) is 26.6. The lowest BCUT2D eigenvalue weighted by molar-refractivity contribution is -0.136. The zero-order valence-electron chi connectivity index (χ0n) is 46.5. The van der Waals surface area contributed by atoms with Gasteiger partial charge in [0.15, 0.2) is 11.6 Å². The van der Waals surface area contributed by atoms with Crippen molar-refractivity contribution in [1.82, 2.24) is 39.7 Å². The van der Waals surface area contributed by atoms with Gasteiger partial charge in [0.2, 0.25) is 17.6 Å². The Morgan fingerprint density at radius 1 is 0.700 bits per heavy atom. The van der Waals surface area contributed by atoms with E-state index in [1.165, 1.54) is 18.5 Å². The number of piperidine rings is 1. The highest BCUT2D eigenvalue weighted by molar-refractivity contribution is 5.76. The van der Waals surface area contributed by atoms with Gasteiger partial charge in [0, 0.05) is 75.0 Å². The van der Waals surface area contributed by atoms with E-state index in [4.69, 9.17) is 42.9 Å². The molecule has 2 aromatic carbocycles. The van der Waals surface area contributed by atoms with E-state index in [-0.39, 0.29) is 44.1 Å². The van der Waals surface area contributed by atoms with Crippen molar-refractivity contribution in [2.45, 2.75) is 122 Å². The number of benzene rings is 2. The van der Waals surface area contributed by atoms with E-state index < -0.39 is 29.2 Å². The lowest BCUT2D eigenvalue weighted by atomic mass is 9.94. The number of halogens is 3. The van der Waals surface area contributed by atoms with Crippen LogP contribution in [0.3, 0.4) is 0 Å². The molecule has 2 saturated heterocycles. The lowest BCUT2D eigenvalue weighted by Crippen LogP contribution is -2.45. The predicted octanol–water partition coefficient (Wildman–Crippen LogP) is 6.06. The third-order valence-electron chi connectivity index (χ3n) is 14.4. The molecule has 0 radical (unpaired) electrons. The van der Waals surface area contributed by atoms with Gasteiger partial charge >= 0.3 is 5.97 Å². The number of nitrogens with zero attached hydrogens (tertiary/aromatic N) is 7. The fourth-order valence-corrected chi connectivity index (χ4v) is 10.6. The summed E-state index contributed by atoms with van der Waals surface area (Å²) in [6.07, 6.45) is 11.0. The van der Waals surface area contributed by atoms with Crippen LogP contribution in [-0.4, -0.2) is 183 Å². The largest absolute Gasteiger partial charge is 0.420 e. The highest BCUT2D eigenvalue weighted by Gasteiger charge is 2.42. The van der Waals surface area contributed by atoms with Crippen LogP contribution in [0.4, 0.5) is 13.2 Å². The first-order valence-corrected chi connectivity index (χ1v) is 28.3. The van der Waals surface area contributed by atoms with Gasteiger partial charge in [-0.15, -0.1) is 5.10 Å². The Morgan fingerprint density at radius 2 is 1.26 bits per heavy atom. The summed E-state index contributed by atoms with van der Waals surface area (Å²) in [6.45, 7) is 12.5. The van der Waals surface area contributed by atoms with Gasteiger partial charge in [-0.1, -0.05) is 35.5 Å². The highest BCUT2D eigenvalue weighted by atomic mass is 19.1. The lowest BCUT2D eigenvalue weighted by Gasteiger charge is -2.41. The maximum Gasteiger partial charge on any atom is 0.313 e. The molecule has 3 atom stereocenters. The maximum atomic E-state index is 13.6. The van der Waals surface area contributed by atoms with Crippen molar-refractivity contribution in [3.63, 3.8) is 0 Å². The van der Waals surface area contributed by atoms with E-state index >= 15 is 0 Å². The van der Waals surface area contributed by atoms with Crippen LogP contribution >= 0.6 is 0 Å². The fourth-order valence-electron chi connectivity index (χ4n) is 10.6. The summed E-state index contributed by atoms with van der Waals surface area (Å²) in [5, 5.41) is 11.8. The van der Waals surface area contributed by atoms with Crippen LogP contribution in [0.15, 0.2) is 48.7 Å². The molecule has 2 unspecified atom stereocenters. The molecule has 2 fully saturated rings. The molecule has 2 bridgehead atoms. The third kappa shape index (κ3) is 20.6. The van der Waals surface area contributed by atoms with E-state index in [1.807, 2.05) is 29.3 Å². The van der Waals surface area contributed by atoms with Gasteiger partial charge in [-0.3, -0.25) is 19.3 Å². The fraction of sp³-hybridized carbons (Fsp3) is 0.649. The second-order valence-electron chi connectivity index (χ2n) is 20.2. The summed E-state index contributed by atoms with van der Waals surface area (Å²) in [7, 11) is 0. The summed E-state index contributed by atoms with van der Waals surface area (Å²) < 4.78 is 93.0. The first kappa shape index (κ1) is 62.2. The minimum absolute atomic E-state index is 0.00331. The molecule has 4 aromatic rings. The molecule has 2 amide bonds. The average molecular weight is 1130 g/mol. The van der Waals surface area contributed by atoms with E-state index in [0.717, 1.165) is 80.8 Å². The number of hydrogen-bond acceptors (Lipinski definition) is 16. The number of fused-ring (bicyclic) bond motifs is 3. The average Bonchev–Trinajstić information content (AvgIpc) is 4.14. The Morgan fingerprint density at radius 3 is 1.84 bits per heavy atom. The molecule has 20 nitrogen and oxygen atoms in total. The topological polar surface area (TPSA) is 201 Å². The number of carbonyl (C=O) groups is 3. The van der Waals surface area contributed by atoms with Crippen LogP contribution < -0.4 is 10.1 Å². The van der Waals surface area contributed by atoms with E-state index in [9.17, 15) is 27.6 Å². The SMILES string of the molecule is CC(=O)N[C@@H](CCN1C2CCC1CC(n1c(C)nc3c1CCN(C(=O)CCCCc1cn(CCOCCOCCOCCOCCOCCOCCOCCOCCC(=O)Oc4c(F)cc(F)cc4F)nn1)C3)C2)c1ccccc1. The molecule has 3 aliphatic heterocycles. The van der Waals surface area contributed by atoms with Crippen LogP contribution in [0.5, 0.6) is 5.75 Å². The molecule has 5 heterocycles. The van der Waals surface area contributed by atoms with Crippen LogP contribution in [0, 0.1) is 24.4 Å². The molecule has 7 rings (SSSR count). The summed E-state index contributed by atoms with van der Waals surface area (Å²) in [6, 6.07) is 12.6. The van der Waals surface area contributed by atoms with Crippen LogP contribution in [0.1, 0.15) is 105 Å². The Hall–Kier alpha value is -5.37. The number of aryl methyl sites for hydroxylation is 2. The van der Waals surface area contributed by atoms with Crippen molar-refractivity contribution >= 4 is 17.8 Å². The number of unbranched alkanes of at least 4 members (excludes halogenated alkanes) is 1. The molecule has 80 heavy (non-hydrogen) atoms. The van der Waals surface area contributed by atoms with Gasteiger partial charge < -0.3 is 57.4 Å². The van der Waals surface area contributed by atoms with Crippen molar-refractivity contribution in [2.24, 2.45) is 0 Å². The van der Waals surface area contributed by atoms with Crippen molar-refractivity contribution in [3.05, 3.63) is 94.6 Å². The van der Waals surface area contributed by atoms with E-state index in [0.29, 0.717) is 136 Å². The van der Waals surface area contributed by atoms with Crippen LogP contribution in [0.25, 0.3) is 0 Å². The maximum absolute atomic E-state index is 13.6. The van der Waals surface area contributed by atoms with Gasteiger partial charge in [0.25, 0.3) is 0 Å². The summed E-state index contributed by atoms with van der Waals surface area (Å²) in [4.78, 5) is 46.9. The Balaban J connectivity index is 0.616. The zero-order chi connectivity index (χ0) is 56.3. The first-order valence-electron chi connectivity index (χ1n) is 28.3. The summed E-state index contributed by atoms with van der Waals surface area (Å²) in [5.41, 5.74) is 4.42. The monoisotopic (exact) mass is 1130 g/mol. The standard InChI is InChI=1S/C57H81F3N8O12/c1-42-61-53-41-65(17-15-54(53)68(42)49-38-47-12-13-48(39-49)67(47)18-14-52(62-43(2)69)44-8-4-3-5-9-44)55(70)11-7-6-10-46-40-66(64-63-46)19-21-73-23-25-75-27-29-77-31-33-79-35-34-78-32-30-76-28-26-74-24-22-72-20-16-56(71)80-57-50(59)36-45(58)37-51(57)60/h3-5,8-9,36-37,40,47-49,52H,6-7,10-35,38-39,41H2,1-2H3,(H,62,69)/t47?,48?,49?,52-/m0/s1. The molecule has 442 valence electrons. The molecule has 0 saturated carbocycles. The van der Waals surface area contributed by atoms with Crippen molar-refractivity contribution < 1.29 is 70.2 Å². The molecule has 2 aromatic heterocycles. The first-order chi connectivity index (χ1) is 39.0. The molecular weight excluding hydrogens is 1050 g/mol. The highest BCUT2D eigenvalue weighted by Crippen LogP contribution is 2.43. The quantitative estimate of drug-likeness (QED) is 0.0307. The second-order valence-corrected chi connectivity index (χ2v) is 20.2. The smallest absolute Gasteiger partial charge is 0.313 e. The number of esters is 1. The second kappa shape index (κ2) is 34.2.